The van der Waals surface area contributed by atoms with E-state index in [0.29, 0.717) is 10.2 Å². The second-order valence-electron chi connectivity index (χ2n) is 6.44. The number of carbonyl (C=O) groups is 1. The van der Waals surface area contributed by atoms with Crippen molar-refractivity contribution in [1.29, 1.82) is 5.26 Å². The van der Waals surface area contributed by atoms with Gasteiger partial charge in [0.05, 0.1) is 11.2 Å². The molecule has 3 rings (SSSR count). The Bertz CT molecular complexity index is 929. The predicted octanol–water partition coefficient (Wildman–Crippen LogP) is 5.24. The zero-order valence-corrected chi connectivity index (χ0v) is 17.5. The highest BCUT2D eigenvalue weighted by Gasteiger charge is 2.37. The third-order valence-corrected chi connectivity index (χ3v) is 5.76. The zero-order valence-electron chi connectivity index (χ0n) is 14.3. The summed E-state index contributed by atoms with van der Waals surface area (Å²) < 4.78 is 14.8. The van der Waals surface area contributed by atoms with Crippen LogP contribution in [0.4, 0.5) is 4.39 Å². The van der Waals surface area contributed by atoms with Gasteiger partial charge in [-0.3, -0.25) is 9.78 Å². The Morgan fingerprint density at radius 3 is 2.52 bits per heavy atom. The van der Waals surface area contributed by atoms with Crippen molar-refractivity contribution in [1.82, 2.24) is 10.3 Å². The lowest BCUT2D eigenvalue weighted by Crippen LogP contribution is -2.44. The van der Waals surface area contributed by atoms with E-state index in [4.69, 9.17) is 0 Å². The van der Waals surface area contributed by atoms with E-state index >= 15 is 0 Å². The minimum absolute atomic E-state index is 0.0288. The van der Waals surface area contributed by atoms with E-state index in [9.17, 15) is 14.4 Å². The average molecular weight is 493 g/mol. The number of benzene rings is 1. The molecule has 1 heterocycles. The molecule has 1 N–H and O–H groups in total. The smallest absolute Gasteiger partial charge is 0.262 e. The molecule has 0 atom stereocenters. The van der Waals surface area contributed by atoms with Gasteiger partial charge in [-0.05, 0) is 74.5 Å². The number of carbonyl (C=O) groups excluding carboxylic acids is 1. The summed E-state index contributed by atoms with van der Waals surface area (Å²) in [5, 5.41) is 12.5. The van der Waals surface area contributed by atoms with Gasteiger partial charge >= 0.3 is 0 Å². The lowest BCUT2D eigenvalue weighted by atomic mass is 9.87. The van der Waals surface area contributed by atoms with Crippen LogP contribution in [0.15, 0.2) is 51.0 Å². The molecule has 1 saturated carbocycles. The van der Waals surface area contributed by atoms with E-state index < -0.39 is 11.4 Å². The van der Waals surface area contributed by atoms with Crippen molar-refractivity contribution < 1.29 is 9.18 Å². The minimum atomic E-state index is -0.578. The molecule has 0 aliphatic heterocycles. The van der Waals surface area contributed by atoms with Crippen LogP contribution < -0.4 is 5.32 Å². The average Bonchev–Trinajstić information content (AvgIpc) is 3.11. The van der Waals surface area contributed by atoms with Gasteiger partial charge in [0.25, 0.3) is 5.91 Å². The second kappa shape index (κ2) is 8.32. The van der Waals surface area contributed by atoms with Crippen LogP contribution in [-0.2, 0) is 10.3 Å². The van der Waals surface area contributed by atoms with Crippen molar-refractivity contribution in [3.63, 3.8) is 0 Å². The quantitative estimate of drug-likeness (QED) is 0.469. The Labute approximate surface area is 173 Å². The topological polar surface area (TPSA) is 65.8 Å². The normalized spacial score (nSPS) is 16.0. The van der Waals surface area contributed by atoms with E-state index in [1.165, 1.54) is 18.2 Å². The largest absolute Gasteiger partial charge is 0.342 e. The third kappa shape index (κ3) is 4.45. The Morgan fingerprint density at radius 2 is 1.93 bits per heavy atom. The molecule has 138 valence electrons. The molecule has 1 aromatic carbocycles. The van der Waals surface area contributed by atoms with Gasteiger partial charge in [0.2, 0.25) is 0 Å². The van der Waals surface area contributed by atoms with E-state index in [0.717, 1.165) is 35.7 Å². The number of aromatic nitrogens is 1. The van der Waals surface area contributed by atoms with E-state index in [2.05, 4.69) is 42.2 Å². The predicted molar refractivity (Wildman–Crippen MR) is 108 cm³/mol. The number of nitrogens with one attached hydrogen (secondary N) is 1. The van der Waals surface area contributed by atoms with Crippen molar-refractivity contribution in [3.05, 3.63) is 68.1 Å². The van der Waals surface area contributed by atoms with Crippen LogP contribution in [0.1, 0.15) is 36.9 Å². The monoisotopic (exact) mass is 491 g/mol. The Hall–Kier alpha value is -2.04. The van der Waals surface area contributed by atoms with Gasteiger partial charge in [-0.2, -0.15) is 5.26 Å². The summed E-state index contributed by atoms with van der Waals surface area (Å²) in [6, 6.07) is 9.94. The summed E-state index contributed by atoms with van der Waals surface area (Å²) in [6.07, 6.45) is 6.48. The molecule has 1 aliphatic rings. The van der Waals surface area contributed by atoms with Crippen molar-refractivity contribution in [2.75, 3.05) is 0 Å². The minimum Gasteiger partial charge on any atom is -0.342 e. The molecule has 1 aromatic heterocycles. The van der Waals surface area contributed by atoms with E-state index in [-0.39, 0.29) is 11.4 Å². The molecule has 0 spiro atoms. The second-order valence-corrected chi connectivity index (χ2v) is 8.21. The molecule has 0 unspecified atom stereocenters. The van der Waals surface area contributed by atoms with Crippen molar-refractivity contribution in [3.8, 4) is 6.07 Å². The lowest BCUT2D eigenvalue weighted by molar-refractivity contribution is -0.119. The summed E-state index contributed by atoms with van der Waals surface area (Å²) in [6.45, 7) is 0. The SMILES string of the molecule is N#CC(=Cc1ncc(Br)cc1Br)C(=O)NC1(c2ccc(F)cc2)CCCC1. The maximum Gasteiger partial charge on any atom is 0.262 e. The van der Waals surface area contributed by atoms with Crippen LogP contribution in [0.25, 0.3) is 6.08 Å². The molecule has 4 nitrogen and oxygen atoms in total. The lowest BCUT2D eigenvalue weighted by Gasteiger charge is -2.31. The number of amides is 1. The molecule has 7 heteroatoms. The number of pyridine rings is 1. The fraction of sp³-hybridized carbons (Fsp3) is 0.250. The number of rotatable bonds is 4. The molecule has 0 bridgehead atoms. The molecule has 0 radical (unpaired) electrons. The fourth-order valence-electron chi connectivity index (χ4n) is 3.33. The van der Waals surface area contributed by atoms with Gasteiger partial charge in [-0.1, -0.05) is 25.0 Å². The number of hydrogen-bond acceptors (Lipinski definition) is 3. The summed E-state index contributed by atoms with van der Waals surface area (Å²) in [5.74, 6) is -0.776. The van der Waals surface area contributed by atoms with Gasteiger partial charge in [0, 0.05) is 15.1 Å². The van der Waals surface area contributed by atoms with E-state index in [1.54, 1.807) is 24.4 Å². The van der Waals surface area contributed by atoms with Crippen LogP contribution in [0.5, 0.6) is 0 Å². The first-order chi connectivity index (χ1) is 12.9. The fourth-order valence-corrected chi connectivity index (χ4v) is 4.44. The van der Waals surface area contributed by atoms with Gasteiger partial charge in [0.15, 0.2) is 0 Å². The van der Waals surface area contributed by atoms with Gasteiger partial charge in [-0.25, -0.2) is 4.39 Å². The highest BCUT2D eigenvalue weighted by molar-refractivity contribution is 9.11. The first-order valence-corrected chi connectivity index (χ1v) is 10.0. The number of hydrogen-bond donors (Lipinski definition) is 1. The summed E-state index contributed by atoms with van der Waals surface area (Å²) in [4.78, 5) is 17.1. The van der Waals surface area contributed by atoms with Crippen LogP contribution in [0, 0.1) is 17.1 Å². The van der Waals surface area contributed by atoms with Crippen LogP contribution >= 0.6 is 31.9 Å². The maximum atomic E-state index is 13.3. The van der Waals surface area contributed by atoms with E-state index in [1.807, 2.05) is 6.07 Å². The van der Waals surface area contributed by atoms with Gasteiger partial charge in [-0.15, -0.1) is 0 Å². The standard InChI is InChI=1S/C20H16Br2FN3O/c21-15-10-17(22)18(25-12-15)9-13(11-24)19(27)26-20(7-1-2-8-20)14-3-5-16(23)6-4-14/h3-6,9-10,12H,1-2,7-8H2,(H,26,27). The van der Waals surface area contributed by atoms with Crippen molar-refractivity contribution in [2.45, 2.75) is 31.2 Å². The molecular formula is C20H16Br2FN3O. The van der Waals surface area contributed by atoms with Gasteiger partial charge < -0.3 is 5.32 Å². The molecule has 1 amide bonds. The molecular weight excluding hydrogens is 477 g/mol. The Kier molecular flexibility index (Phi) is 6.08. The first kappa shape index (κ1) is 19.7. The first-order valence-electron chi connectivity index (χ1n) is 8.45. The maximum absolute atomic E-state index is 13.3. The molecule has 1 fully saturated rings. The number of halogens is 3. The Morgan fingerprint density at radius 1 is 1.26 bits per heavy atom. The highest BCUT2D eigenvalue weighted by Crippen LogP contribution is 2.39. The Balaban J connectivity index is 1.89. The van der Waals surface area contributed by atoms with Crippen LogP contribution in [-0.4, -0.2) is 10.9 Å². The molecule has 27 heavy (non-hydrogen) atoms. The summed E-state index contributed by atoms with van der Waals surface area (Å²) >= 11 is 6.70. The zero-order chi connectivity index (χ0) is 19.4. The summed E-state index contributed by atoms with van der Waals surface area (Å²) in [7, 11) is 0. The van der Waals surface area contributed by atoms with Gasteiger partial charge in [0.1, 0.15) is 17.5 Å². The van der Waals surface area contributed by atoms with Crippen LogP contribution in [0.2, 0.25) is 0 Å². The van der Waals surface area contributed by atoms with Crippen molar-refractivity contribution >= 4 is 43.8 Å². The molecule has 1 aliphatic carbocycles. The number of nitrogens with zero attached hydrogens (tertiary/aromatic N) is 2. The third-order valence-electron chi connectivity index (χ3n) is 4.69. The summed E-state index contributed by atoms with van der Waals surface area (Å²) in [5.41, 5.74) is 0.742. The molecule has 2 aromatic rings. The number of nitriles is 1. The van der Waals surface area contributed by atoms with Crippen molar-refractivity contribution in [2.24, 2.45) is 0 Å². The molecule has 0 saturated heterocycles. The van der Waals surface area contributed by atoms with Crippen LogP contribution in [0.3, 0.4) is 0 Å². The highest BCUT2D eigenvalue weighted by atomic mass is 79.9.